The number of thiazole rings is 1. The lowest BCUT2D eigenvalue weighted by molar-refractivity contribution is 0.0697. The minimum Gasteiger partial charge on any atom is -0.477 e. The maximum atomic E-state index is 13.0. The third kappa shape index (κ3) is 3.30. The second kappa shape index (κ2) is 7.75. The summed E-state index contributed by atoms with van der Waals surface area (Å²) >= 11 is 1.28. The molecule has 0 unspecified atom stereocenters. The minimum atomic E-state index is -1.25. The highest BCUT2D eigenvalue weighted by Crippen LogP contribution is 2.31. The zero-order chi connectivity index (χ0) is 22.5. The van der Waals surface area contributed by atoms with Gasteiger partial charge in [-0.1, -0.05) is 36.4 Å². The number of fused-ring (bicyclic) bond motifs is 5. The number of para-hydroxylation sites is 1. The summed E-state index contributed by atoms with van der Waals surface area (Å²) in [5.74, 6) is -0.745. The van der Waals surface area contributed by atoms with Gasteiger partial charge in [0.25, 0.3) is 0 Å². The first-order valence-corrected chi connectivity index (χ1v) is 11.7. The van der Waals surface area contributed by atoms with Crippen LogP contribution in [0.1, 0.15) is 28.8 Å². The molecule has 0 radical (unpaired) electrons. The summed E-state index contributed by atoms with van der Waals surface area (Å²) in [7, 11) is 0. The molecular weight excluding hydrogens is 436 g/mol. The van der Waals surface area contributed by atoms with Crippen molar-refractivity contribution in [3.8, 4) is 11.4 Å². The SMILES string of the molecule is O=C(O)c1c(=O)c2cnc(-c3ccc(CN4CCCC4)cc3)nc2n2c1sc1ccccc12. The molecule has 3 aromatic heterocycles. The number of aromatic carboxylic acids is 1. The van der Waals surface area contributed by atoms with Gasteiger partial charge in [0, 0.05) is 18.3 Å². The van der Waals surface area contributed by atoms with E-state index in [2.05, 4.69) is 22.0 Å². The van der Waals surface area contributed by atoms with Gasteiger partial charge in [-0.25, -0.2) is 14.8 Å². The number of benzene rings is 2. The first-order chi connectivity index (χ1) is 16.1. The zero-order valence-corrected chi connectivity index (χ0v) is 18.5. The van der Waals surface area contributed by atoms with E-state index in [-0.39, 0.29) is 10.9 Å². The summed E-state index contributed by atoms with van der Waals surface area (Å²) in [4.78, 5) is 37.0. The predicted molar refractivity (Wildman–Crippen MR) is 129 cm³/mol. The normalized spacial score (nSPS) is 14.5. The van der Waals surface area contributed by atoms with Crippen molar-refractivity contribution in [1.82, 2.24) is 19.3 Å². The van der Waals surface area contributed by atoms with Gasteiger partial charge < -0.3 is 5.11 Å². The lowest BCUT2D eigenvalue weighted by Gasteiger charge is -2.14. The number of nitrogens with zero attached hydrogens (tertiary/aromatic N) is 4. The molecule has 0 saturated carbocycles. The fraction of sp³-hybridized carbons (Fsp3) is 0.200. The molecule has 164 valence electrons. The Morgan fingerprint density at radius 2 is 1.82 bits per heavy atom. The van der Waals surface area contributed by atoms with Crippen LogP contribution in [0, 0.1) is 0 Å². The molecule has 0 spiro atoms. The van der Waals surface area contributed by atoms with Gasteiger partial charge >= 0.3 is 5.97 Å². The molecular formula is C25H20N4O3S. The van der Waals surface area contributed by atoms with Crippen LogP contribution in [0.2, 0.25) is 0 Å². The van der Waals surface area contributed by atoms with Crippen molar-refractivity contribution in [2.75, 3.05) is 13.1 Å². The Kier molecular flexibility index (Phi) is 4.70. The lowest BCUT2D eigenvalue weighted by atomic mass is 10.1. The number of likely N-dealkylation sites (tertiary alicyclic amines) is 1. The molecule has 1 N–H and O–H groups in total. The van der Waals surface area contributed by atoms with Gasteiger partial charge in [-0.2, -0.15) is 0 Å². The highest BCUT2D eigenvalue weighted by molar-refractivity contribution is 7.24. The van der Waals surface area contributed by atoms with Crippen molar-refractivity contribution in [3.63, 3.8) is 0 Å². The average molecular weight is 457 g/mol. The summed E-state index contributed by atoms with van der Waals surface area (Å²) < 4.78 is 2.66. The standard InChI is InChI=1S/C25H20N4O3S/c30-21-17-13-26-22(16-9-7-15(8-10-16)14-28-11-3-4-12-28)27-23(17)29-18-5-1-2-6-19(18)33-24(29)20(21)25(31)32/h1-2,5-10,13H,3-4,11-12,14H2,(H,31,32). The molecule has 0 atom stereocenters. The lowest BCUT2D eigenvalue weighted by Crippen LogP contribution is -2.18. The van der Waals surface area contributed by atoms with Gasteiger partial charge in [0.15, 0.2) is 11.5 Å². The quantitative estimate of drug-likeness (QED) is 0.431. The van der Waals surface area contributed by atoms with E-state index < -0.39 is 11.4 Å². The van der Waals surface area contributed by atoms with E-state index in [4.69, 9.17) is 4.98 Å². The van der Waals surface area contributed by atoms with Gasteiger partial charge in [-0.05, 0) is 43.6 Å². The Labute approximate surface area is 192 Å². The van der Waals surface area contributed by atoms with Crippen molar-refractivity contribution in [1.29, 1.82) is 0 Å². The Hall–Kier alpha value is -3.62. The first-order valence-electron chi connectivity index (χ1n) is 10.9. The number of carbonyl (C=O) groups is 1. The molecule has 7 nitrogen and oxygen atoms in total. The van der Waals surface area contributed by atoms with Crippen LogP contribution in [0.25, 0.3) is 37.5 Å². The van der Waals surface area contributed by atoms with Crippen molar-refractivity contribution in [2.24, 2.45) is 0 Å². The topological polar surface area (TPSA) is 87.8 Å². The van der Waals surface area contributed by atoms with Crippen molar-refractivity contribution >= 4 is 43.4 Å². The monoisotopic (exact) mass is 456 g/mol. The summed E-state index contributed by atoms with van der Waals surface area (Å²) in [5, 5.41) is 9.96. The van der Waals surface area contributed by atoms with E-state index in [1.54, 1.807) is 4.40 Å². The first kappa shape index (κ1) is 20.0. The van der Waals surface area contributed by atoms with Crippen LogP contribution >= 0.6 is 11.3 Å². The van der Waals surface area contributed by atoms with E-state index in [1.165, 1.54) is 35.9 Å². The number of pyridine rings is 1. The number of aromatic nitrogens is 3. The number of rotatable bonds is 4. The van der Waals surface area contributed by atoms with Crippen LogP contribution in [0.15, 0.2) is 59.5 Å². The predicted octanol–water partition coefficient (Wildman–Crippen LogP) is 4.42. The van der Waals surface area contributed by atoms with Crippen LogP contribution in [-0.4, -0.2) is 43.4 Å². The third-order valence-electron chi connectivity index (χ3n) is 6.21. The van der Waals surface area contributed by atoms with Gasteiger partial charge in [0.1, 0.15) is 10.4 Å². The van der Waals surface area contributed by atoms with Gasteiger partial charge in [-0.15, -0.1) is 11.3 Å². The van der Waals surface area contributed by atoms with E-state index in [1.807, 2.05) is 36.4 Å². The molecule has 8 heteroatoms. The van der Waals surface area contributed by atoms with Gasteiger partial charge in [0.05, 0.1) is 15.6 Å². The average Bonchev–Trinajstić information content (AvgIpc) is 3.47. The zero-order valence-electron chi connectivity index (χ0n) is 17.7. The molecule has 0 bridgehead atoms. The second-order valence-electron chi connectivity index (χ2n) is 8.33. The molecule has 0 aliphatic carbocycles. The number of carboxylic acids is 1. The van der Waals surface area contributed by atoms with Crippen LogP contribution < -0.4 is 5.43 Å². The molecule has 6 rings (SSSR count). The molecule has 1 fully saturated rings. The fourth-order valence-corrected chi connectivity index (χ4v) is 5.76. The summed E-state index contributed by atoms with van der Waals surface area (Å²) in [5.41, 5.74) is 2.53. The largest absolute Gasteiger partial charge is 0.477 e. The molecule has 0 amide bonds. The van der Waals surface area contributed by atoms with E-state index in [0.29, 0.717) is 16.3 Å². The van der Waals surface area contributed by atoms with E-state index in [9.17, 15) is 14.7 Å². The molecule has 1 aliphatic rings. The minimum absolute atomic E-state index is 0.197. The highest BCUT2D eigenvalue weighted by Gasteiger charge is 2.22. The maximum absolute atomic E-state index is 13.0. The number of carboxylic acid groups (broad SMARTS) is 1. The molecule has 5 aromatic rings. The third-order valence-corrected chi connectivity index (χ3v) is 7.36. The Morgan fingerprint density at radius 3 is 2.58 bits per heavy atom. The molecule has 1 aliphatic heterocycles. The molecule has 1 saturated heterocycles. The van der Waals surface area contributed by atoms with Crippen molar-refractivity contribution in [2.45, 2.75) is 19.4 Å². The van der Waals surface area contributed by atoms with E-state index in [0.717, 1.165) is 35.4 Å². The summed E-state index contributed by atoms with van der Waals surface area (Å²) in [6.07, 6.45) is 3.97. The summed E-state index contributed by atoms with van der Waals surface area (Å²) in [6, 6.07) is 15.8. The van der Waals surface area contributed by atoms with Crippen LogP contribution in [0.3, 0.4) is 0 Å². The Bertz CT molecular complexity index is 1600. The van der Waals surface area contributed by atoms with Gasteiger partial charge in [0.2, 0.25) is 5.43 Å². The molecule has 4 heterocycles. The Morgan fingerprint density at radius 1 is 1.06 bits per heavy atom. The molecule has 33 heavy (non-hydrogen) atoms. The highest BCUT2D eigenvalue weighted by atomic mass is 32.1. The van der Waals surface area contributed by atoms with Crippen molar-refractivity contribution < 1.29 is 9.90 Å². The van der Waals surface area contributed by atoms with E-state index >= 15 is 0 Å². The van der Waals surface area contributed by atoms with Gasteiger partial charge in [-0.3, -0.25) is 14.1 Å². The van der Waals surface area contributed by atoms with Crippen molar-refractivity contribution in [3.05, 3.63) is 76.1 Å². The fourth-order valence-electron chi connectivity index (χ4n) is 4.58. The van der Waals surface area contributed by atoms with Crippen LogP contribution in [0.4, 0.5) is 0 Å². The molecule has 2 aromatic carbocycles. The van der Waals surface area contributed by atoms with Crippen LogP contribution in [-0.2, 0) is 6.54 Å². The van der Waals surface area contributed by atoms with Crippen LogP contribution in [0.5, 0.6) is 0 Å². The summed E-state index contributed by atoms with van der Waals surface area (Å²) in [6.45, 7) is 3.23. The second-order valence-corrected chi connectivity index (χ2v) is 9.36. The smallest absolute Gasteiger partial charge is 0.342 e. The Balaban J connectivity index is 1.53. The maximum Gasteiger partial charge on any atom is 0.342 e. The number of hydrogen-bond acceptors (Lipinski definition) is 6. The number of hydrogen-bond donors (Lipinski definition) is 1.